The monoisotopic (exact) mass is 546 g/mol. The molecule has 9 nitrogen and oxygen atoms in total. The van der Waals surface area contributed by atoms with Gasteiger partial charge in [-0.3, -0.25) is 4.57 Å². The first-order valence-corrected chi connectivity index (χ1v) is 11.9. The molecular formula is C25H26ClF3N8O. The zero-order valence-corrected chi connectivity index (χ0v) is 21.5. The Morgan fingerprint density at radius 1 is 1.03 bits per heavy atom. The average molecular weight is 547 g/mol. The molecule has 2 heterocycles. The van der Waals surface area contributed by atoms with Crippen LogP contribution in [0.3, 0.4) is 0 Å². The number of imidazole rings is 1. The van der Waals surface area contributed by atoms with E-state index >= 15 is 0 Å². The maximum atomic E-state index is 13.1. The van der Waals surface area contributed by atoms with Crippen LogP contribution < -0.4 is 21.7 Å². The van der Waals surface area contributed by atoms with Crippen molar-refractivity contribution >= 4 is 46.0 Å². The fraction of sp³-hybridized carbons (Fsp3) is 0.280. The second-order valence-electron chi connectivity index (χ2n) is 9.68. The number of amides is 2. The molecule has 2 aromatic carbocycles. The van der Waals surface area contributed by atoms with Crippen LogP contribution in [0.15, 0.2) is 55.1 Å². The Labute approximate surface area is 221 Å². The zero-order valence-electron chi connectivity index (χ0n) is 20.8. The SMILES string of the molecule is CC(C)(C)[C@H](N)CNc1ncnc2c1ncn2-c1ccc(NC(=O)Nc2ccc(Cl)c(C(F)(F)F)c2)cc1. The molecule has 0 unspecified atom stereocenters. The Morgan fingerprint density at radius 3 is 2.34 bits per heavy atom. The van der Waals surface area contributed by atoms with Crippen LogP contribution >= 0.6 is 11.6 Å². The van der Waals surface area contributed by atoms with Crippen LogP contribution in [0.2, 0.25) is 5.02 Å². The van der Waals surface area contributed by atoms with Crippen LogP contribution in [0.4, 0.5) is 35.2 Å². The van der Waals surface area contributed by atoms with Crippen molar-refractivity contribution in [3.8, 4) is 5.69 Å². The Bertz CT molecular complexity index is 1450. The van der Waals surface area contributed by atoms with E-state index in [1.165, 1.54) is 12.4 Å². The van der Waals surface area contributed by atoms with E-state index in [1.807, 2.05) is 0 Å². The van der Waals surface area contributed by atoms with Crippen molar-refractivity contribution in [1.29, 1.82) is 0 Å². The Balaban J connectivity index is 1.45. The van der Waals surface area contributed by atoms with Gasteiger partial charge < -0.3 is 21.7 Å². The first kappa shape index (κ1) is 27.1. The molecule has 200 valence electrons. The number of carbonyl (C=O) groups is 1. The van der Waals surface area contributed by atoms with Crippen molar-refractivity contribution in [1.82, 2.24) is 19.5 Å². The summed E-state index contributed by atoms with van der Waals surface area (Å²) in [5.74, 6) is 0.569. The molecule has 0 saturated carbocycles. The van der Waals surface area contributed by atoms with Crippen molar-refractivity contribution in [3.05, 3.63) is 65.7 Å². The van der Waals surface area contributed by atoms with Crippen LogP contribution in [0, 0.1) is 5.41 Å². The van der Waals surface area contributed by atoms with Gasteiger partial charge in [0.1, 0.15) is 12.7 Å². The number of nitrogens with one attached hydrogen (secondary N) is 3. The molecule has 2 aromatic heterocycles. The number of nitrogens with two attached hydrogens (primary N) is 1. The van der Waals surface area contributed by atoms with Crippen LogP contribution in [0.25, 0.3) is 16.9 Å². The Morgan fingerprint density at radius 2 is 1.68 bits per heavy atom. The first-order valence-electron chi connectivity index (χ1n) is 11.6. The number of alkyl halides is 3. The molecule has 0 aliphatic rings. The van der Waals surface area contributed by atoms with E-state index in [2.05, 4.69) is 51.7 Å². The van der Waals surface area contributed by atoms with Crippen molar-refractivity contribution in [2.75, 3.05) is 22.5 Å². The highest BCUT2D eigenvalue weighted by Crippen LogP contribution is 2.36. The number of carbonyl (C=O) groups excluding carboxylic acids is 1. The van der Waals surface area contributed by atoms with Gasteiger partial charge in [0, 0.05) is 29.6 Å². The standard InChI is InChI=1S/C25H26ClF3N8O/c1-24(2,3)19(30)11-31-21-20-22(33-12-32-21)37(13-34-20)16-7-4-14(5-8-16)35-23(38)36-15-6-9-18(26)17(10-15)25(27,28)29/h4-10,12-13,19H,11,30H2,1-3H3,(H,31,32,33)(H2,35,36,38)/t19-/m1/s1. The molecule has 0 aliphatic carbocycles. The summed E-state index contributed by atoms with van der Waals surface area (Å²) in [6.45, 7) is 6.70. The number of benzene rings is 2. The van der Waals surface area contributed by atoms with E-state index in [1.54, 1.807) is 35.2 Å². The highest BCUT2D eigenvalue weighted by atomic mass is 35.5. The summed E-state index contributed by atoms with van der Waals surface area (Å²) in [6.07, 6.45) is -1.59. The number of rotatable bonds is 6. The van der Waals surface area contributed by atoms with Crippen LogP contribution in [-0.4, -0.2) is 38.1 Å². The lowest BCUT2D eigenvalue weighted by atomic mass is 9.87. The third-order valence-electron chi connectivity index (χ3n) is 5.87. The van der Waals surface area contributed by atoms with Crippen LogP contribution in [0.5, 0.6) is 0 Å². The predicted octanol–water partition coefficient (Wildman–Crippen LogP) is 5.92. The van der Waals surface area contributed by atoms with Gasteiger partial charge in [-0.2, -0.15) is 13.2 Å². The predicted molar refractivity (Wildman–Crippen MR) is 142 cm³/mol. The molecule has 0 fully saturated rings. The average Bonchev–Trinajstić information content (AvgIpc) is 3.27. The Hall–Kier alpha value is -3.90. The van der Waals surface area contributed by atoms with E-state index in [4.69, 9.17) is 17.3 Å². The maximum absolute atomic E-state index is 13.1. The number of nitrogens with zero attached hydrogens (tertiary/aromatic N) is 4. The Kier molecular flexibility index (Phi) is 7.47. The molecule has 13 heteroatoms. The first-order chi connectivity index (χ1) is 17.8. The summed E-state index contributed by atoms with van der Waals surface area (Å²) in [4.78, 5) is 25.4. The van der Waals surface area contributed by atoms with Crippen LogP contribution in [0.1, 0.15) is 26.3 Å². The summed E-state index contributed by atoms with van der Waals surface area (Å²) in [5, 5.41) is 7.76. The molecular weight excluding hydrogens is 521 g/mol. The van der Waals surface area contributed by atoms with Gasteiger partial charge >= 0.3 is 12.2 Å². The summed E-state index contributed by atoms with van der Waals surface area (Å²) in [5.41, 5.74) is 7.39. The summed E-state index contributed by atoms with van der Waals surface area (Å²) >= 11 is 5.62. The fourth-order valence-corrected chi connectivity index (χ4v) is 3.71. The zero-order chi connectivity index (χ0) is 27.7. The van der Waals surface area contributed by atoms with Gasteiger partial charge in [-0.25, -0.2) is 19.7 Å². The second kappa shape index (κ2) is 10.5. The highest BCUT2D eigenvalue weighted by Gasteiger charge is 2.33. The highest BCUT2D eigenvalue weighted by molar-refractivity contribution is 6.31. The molecule has 38 heavy (non-hydrogen) atoms. The van der Waals surface area contributed by atoms with E-state index < -0.39 is 22.8 Å². The minimum absolute atomic E-state index is 0.0479. The lowest BCUT2D eigenvalue weighted by Gasteiger charge is -2.27. The van der Waals surface area contributed by atoms with Crippen LogP contribution in [-0.2, 0) is 6.18 Å². The van der Waals surface area contributed by atoms with Gasteiger partial charge in [0.2, 0.25) is 0 Å². The molecule has 0 aliphatic heterocycles. The topological polar surface area (TPSA) is 123 Å². The summed E-state index contributed by atoms with van der Waals surface area (Å²) in [7, 11) is 0. The second-order valence-corrected chi connectivity index (χ2v) is 10.1. The minimum atomic E-state index is -4.64. The molecule has 4 aromatic rings. The van der Waals surface area contributed by atoms with Gasteiger partial charge in [0.05, 0.1) is 10.6 Å². The van der Waals surface area contributed by atoms with Gasteiger partial charge in [-0.1, -0.05) is 32.4 Å². The molecule has 0 bridgehead atoms. The van der Waals surface area contributed by atoms with Gasteiger partial charge in [0.15, 0.2) is 17.0 Å². The van der Waals surface area contributed by atoms with Gasteiger partial charge in [-0.05, 0) is 47.9 Å². The molecule has 0 radical (unpaired) electrons. The molecule has 0 saturated heterocycles. The number of halogens is 4. The molecule has 4 rings (SSSR count). The number of hydrogen-bond donors (Lipinski definition) is 4. The van der Waals surface area contributed by atoms with E-state index in [0.29, 0.717) is 29.2 Å². The number of fused-ring (bicyclic) bond motifs is 1. The van der Waals surface area contributed by atoms with Crippen molar-refractivity contribution in [2.24, 2.45) is 11.1 Å². The number of aromatic nitrogens is 4. The van der Waals surface area contributed by atoms with Gasteiger partial charge in [0.25, 0.3) is 0 Å². The lowest BCUT2D eigenvalue weighted by Crippen LogP contribution is -2.41. The third-order valence-corrected chi connectivity index (χ3v) is 6.20. The molecule has 5 N–H and O–H groups in total. The quantitative estimate of drug-likeness (QED) is 0.238. The van der Waals surface area contributed by atoms with Crippen molar-refractivity contribution < 1.29 is 18.0 Å². The number of urea groups is 1. The third kappa shape index (κ3) is 6.14. The van der Waals surface area contributed by atoms with Crippen molar-refractivity contribution in [2.45, 2.75) is 33.0 Å². The normalized spacial score (nSPS) is 12.8. The summed E-state index contributed by atoms with van der Waals surface area (Å²) < 4.78 is 41.0. The van der Waals surface area contributed by atoms with E-state index in [9.17, 15) is 18.0 Å². The minimum Gasteiger partial charge on any atom is -0.367 e. The van der Waals surface area contributed by atoms with Crippen molar-refractivity contribution in [3.63, 3.8) is 0 Å². The summed E-state index contributed by atoms with van der Waals surface area (Å²) in [6, 6.07) is 9.10. The molecule has 2 amide bonds. The number of hydrogen-bond acceptors (Lipinski definition) is 6. The van der Waals surface area contributed by atoms with E-state index in [0.717, 1.165) is 17.8 Å². The number of anilines is 3. The van der Waals surface area contributed by atoms with Gasteiger partial charge in [-0.15, -0.1) is 0 Å². The largest absolute Gasteiger partial charge is 0.417 e. The maximum Gasteiger partial charge on any atom is 0.417 e. The molecule has 0 spiro atoms. The fourth-order valence-electron chi connectivity index (χ4n) is 3.49. The lowest BCUT2D eigenvalue weighted by molar-refractivity contribution is -0.137. The molecule has 1 atom stereocenters. The van der Waals surface area contributed by atoms with E-state index in [-0.39, 0.29) is 17.1 Å². The smallest absolute Gasteiger partial charge is 0.367 e.